The molecular weight excluding hydrogens is 238 g/mol. The highest BCUT2D eigenvalue weighted by molar-refractivity contribution is 5.76. The standard InChI is InChI=1S/C16H32NO2/c1-3-4-5-6-7-8-9-10-11-12-13-14-16(19)17-15(2)18/h18H,3-14H2,1-2H3,(H,17,19). The van der Waals surface area contributed by atoms with Gasteiger partial charge in [0.15, 0.2) is 6.23 Å². The van der Waals surface area contributed by atoms with Gasteiger partial charge in [-0.15, -0.1) is 0 Å². The van der Waals surface area contributed by atoms with Crippen molar-refractivity contribution in [1.29, 1.82) is 0 Å². The Morgan fingerprint density at radius 2 is 1.26 bits per heavy atom. The number of aliphatic hydroxyl groups excluding tert-OH is 1. The van der Waals surface area contributed by atoms with Crippen LogP contribution in [0.2, 0.25) is 0 Å². The molecule has 1 amide bonds. The van der Waals surface area contributed by atoms with E-state index in [9.17, 15) is 4.79 Å². The minimum atomic E-state index is -0.0732. The van der Waals surface area contributed by atoms with Crippen LogP contribution in [0.15, 0.2) is 0 Å². The molecule has 3 nitrogen and oxygen atoms in total. The van der Waals surface area contributed by atoms with Crippen LogP contribution in [0.5, 0.6) is 0 Å². The Morgan fingerprint density at radius 1 is 0.842 bits per heavy atom. The molecule has 2 N–H and O–H groups in total. The number of nitrogens with one attached hydrogen (secondary N) is 1. The van der Waals surface area contributed by atoms with E-state index in [1.807, 2.05) is 0 Å². The third-order valence-electron chi connectivity index (χ3n) is 3.33. The van der Waals surface area contributed by atoms with Gasteiger partial charge in [-0.25, -0.2) is 0 Å². The van der Waals surface area contributed by atoms with E-state index < -0.39 is 0 Å². The molecule has 0 bridgehead atoms. The highest BCUT2D eigenvalue weighted by Gasteiger charge is 2.03. The topological polar surface area (TPSA) is 49.3 Å². The number of aliphatic hydroxyl groups is 1. The fraction of sp³-hybridized carbons (Fsp3) is 0.875. The monoisotopic (exact) mass is 270 g/mol. The van der Waals surface area contributed by atoms with Gasteiger partial charge in [-0.3, -0.25) is 4.79 Å². The summed E-state index contributed by atoms with van der Waals surface area (Å²) in [5.41, 5.74) is 0. The summed E-state index contributed by atoms with van der Waals surface area (Å²) >= 11 is 0. The van der Waals surface area contributed by atoms with Gasteiger partial charge in [0.1, 0.15) is 0 Å². The van der Waals surface area contributed by atoms with Crippen molar-refractivity contribution in [2.45, 2.75) is 90.9 Å². The van der Waals surface area contributed by atoms with E-state index in [-0.39, 0.29) is 12.1 Å². The predicted molar refractivity (Wildman–Crippen MR) is 80.1 cm³/mol. The minimum Gasteiger partial charge on any atom is -0.367 e. The van der Waals surface area contributed by atoms with Crippen LogP contribution in [0, 0.1) is 6.23 Å². The number of carbonyl (C=O) groups excluding carboxylic acids is 1. The first-order valence-electron chi connectivity index (χ1n) is 7.99. The van der Waals surface area contributed by atoms with Crippen molar-refractivity contribution in [2.24, 2.45) is 0 Å². The van der Waals surface area contributed by atoms with Crippen molar-refractivity contribution in [3.8, 4) is 0 Å². The lowest BCUT2D eigenvalue weighted by Crippen LogP contribution is -2.25. The van der Waals surface area contributed by atoms with E-state index in [0.29, 0.717) is 6.42 Å². The number of hydrogen-bond acceptors (Lipinski definition) is 2. The van der Waals surface area contributed by atoms with E-state index >= 15 is 0 Å². The lowest BCUT2D eigenvalue weighted by molar-refractivity contribution is -0.121. The van der Waals surface area contributed by atoms with Gasteiger partial charge in [0.05, 0.1) is 0 Å². The van der Waals surface area contributed by atoms with Gasteiger partial charge in [0.25, 0.3) is 0 Å². The maximum absolute atomic E-state index is 11.2. The summed E-state index contributed by atoms with van der Waals surface area (Å²) in [6, 6.07) is 0. The van der Waals surface area contributed by atoms with Gasteiger partial charge in [-0.1, -0.05) is 71.1 Å². The maximum Gasteiger partial charge on any atom is 0.222 e. The average molecular weight is 270 g/mol. The number of amides is 1. The molecule has 0 heterocycles. The summed E-state index contributed by atoms with van der Waals surface area (Å²) in [6.45, 7) is 3.73. The van der Waals surface area contributed by atoms with Gasteiger partial charge >= 0.3 is 0 Å². The molecule has 0 aliphatic heterocycles. The molecule has 0 aliphatic carbocycles. The molecule has 1 radical (unpaired) electrons. The molecule has 19 heavy (non-hydrogen) atoms. The van der Waals surface area contributed by atoms with Crippen molar-refractivity contribution in [2.75, 3.05) is 0 Å². The van der Waals surface area contributed by atoms with Crippen LogP contribution >= 0.6 is 0 Å². The second-order valence-corrected chi connectivity index (χ2v) is 5.42. The zero-order chi connectivity index (χ0) is 14.3. The Hall–Kier alpha value is -0.570. The molecule has 0 aromatic rings. The Balaban J connectivity index is 3.08. The molecule has 0 aromatic heterocycles. The predicted octanol–water partition coefficient (Wildman–Crippen LogP) is 4.69. The number of carbonyl (C=O) groups is 1. The quantitative estimate of drug-likeness (QED) is 0.477. The van der Waals surface area contributed by atoms with Gasteiger partial charge in [0.2, 0.25) is 5.91 Å². The first kappa shape index (κ1) is 18.4. The van der Waals surface area contributed by atoms with Crippen LogP contribution in [-0.2, 0) is 4.79 Å². The number of hydrogen-bond donors (Lipinski definition) is 2. The van der Waals surface area contributed by atoms with E-state index in [1.165, 1.54) is 64.7 Å². The molecule has 0 unspecified atom stereocenters. The second-order valence-electron chi connectivity index (χ2n) is 5.42. The number of unbranched alkanes of at least 4 members (excludes halogenated alkanes) is 10. The van der Waals surface area contributed by atoms with Crippen molar-refractivity contribution in [3.05, 3.63) is 6.23 Å². The summed E-state index contributed by atoms with van der Waals surface area (Å²) in [5.74, 6) is -0.0732. The van der Waals surface area contributed by atoms with Crippen LogP contribution in [0.1, 0.15) is 90.9 Å². The zero-order valence-corrected chi connectivity index (χ0v) is 12.8. The molecule has 113 valence electrons. The van der Waals surface area contributed by atoms with E-state index in [2.05, 4.69) is 12.2 Å². The highest BCUT2D eigenvalue weighted by Crippen LogP contribution is 2.11. The van der Waals surface area contributed by atoms with Gasteiger partial charge < -0.3 is 10.4 Å². The number of rotatable bonds is 13. The Bertz CT molecular complexity index is 205. The Labute approximate surface area is 119 Å². The molecule has 0 aromatic carbocycles. The summed E-state index contributed by atoms with van der Waals surface area (Å²) in [4.78, 5) is 11.2. The first-order chi connectivity index (χ1) is 9.16. The van der Waals surface area contributed by atoms with E-state index in [0.717, 1.165) is 12.8 Å². The van der Waals surface area contributed by atoms with Gasteiger partial charge in [-0.2, -0.15) is 0 Å². The Kier molecular flexibility index (Phi) is 13.4. The first-order valence-corrected chi connectivity index (χ1v) is 7.99. The van der Waals surface area contributed by atoms with Crippen LogP contribution in [-0.4, -0.2) is 11.0 Å². The largest absolute Gasteiger partial charge is 0.367 e. The van der Waals surface area contributed by atoms with Gasteiger partial charge in [0, 0.05) is 6.42 Å². The van der Waals surface area contributed by atoms with E-state index in [1.54, 1.807) is 0 Å². The molecule has 0 rings (SSSR count). The fourth-order valence-corrected chi connectivity index (χ4v) is 2.21. The second kappa shape index (κ2) is 13.9. The summed E-state index contributed by atoms with van der Waals surface area (Å²) < 4.78 is 0. The average Bonchev–Trinajstić information content (AvgIpc) is 2.35. The van der Waals surface area contributed by atoms with Crippen molar-refractivity contribution in [1.82, 2.24) is 5.32 Å². The third-order valence-corrected chi connectivity index (χ3v) is 3.33. The third kappa shape index (κ3) is 15.4. The summed E-state index contributed by atoms with van der Waals surface area (Å²) in [6.07, 6.45) is 14.7. The molecule has 0 saturated heterocycles. The van der Waals surface area contributed by atoms with Crippen molar-refractivity contribution >= 4 is 5.91 Å². The molecule has 0 saturated carbocycles. The molecule has 0 fully saturated rings. The van der Waals surface area contributed by atoms with Crippen LogP contribution in [0.4, 0.5) is 0 Å². The molecule has 0 aliphatic rings. The minimum absolute atomic E-state index is 0.00641. The molecular formula is C16H32NO2. The molecule has 3 heteroatoms. The smallest absolute Gasteiger partial charge is 0.222 e. The molecule has 0 atom stereocenters. The summed E-state index contributed by atoms with van der Waals surface area (Å²) in [7, 11) is 0. The SMILES string of the molecule is CCCCCCCCCCCCCC(=O)N[C](C)O. The lowest BCUT2D eigenvalue weighted by atomic mass is 10.1. The molecule has 0 spiro atoms. The normalized spacial score (nSPS) is 10.9. The van der Waals surface area contributed by atoms with Crippen LogP contribution < -0.4 is 5.32 Å². The highest BCUT2D eigenvalue weighted by atomic mass is 16.3. The van der Waals surface area contributed by atoms with Crippen LogP contribution in [0.3, 0.4) is 0 Å². The van der Waals surface area contributed by atoms with Crippen molar-refractivity contribution in [3.63, 3.8) is 0 Å². The Morgan fingerprint density at radius 3 is 1.68 bits per heavy atom. The lowest BCUT2D eigenvalue weighted by Gasteiger charge is -2.06. The van der Waals surface area contributed by atoms with Gasteiger partial charge in [-0.05, 0) is 13.3 Å². The maximum atomic E-state index is 11.2. The fourth-order valence-electron chi connectivity index (χ4n) is 2.21. The summed E-state index contributed by atoms with van der Waals surface area (Å²) in [5, 5.41) is 11.3. The van der Waals surface area contributed by atoms with Crippen molar-refractivity contribution < 1.29 is 9.90 Å². The zero-order valence-electron chi connectivity index (χ0n) is 12.8. The van der Waals surface area contributed by atoms with Crippen LogP contribution in [0.25, 0.3) is 0 Å². The van der Waals surface area contributed by atoms with E-state index in [4.69, 9.17) is 5.11 Å².